The van der Waals surface area contributed by atoms with Crippen molar-refractivity contribution in [2.24, 2.45) is 0 Å². The standard InChI is InChI=1S/C21H15BrN2O2/c22-14-6-7-19(25)15(10-14)18-11-17(16(12-23)20(26)24-18)21(8-9-21)13-4-2-1-3-5-13/h1-7,10-11,25H,8-9H2,(H,24,26). The number of benzene rings is 2. The van der Waals surface area contributed by atoms with Crippen molar-refractivity contribution in [3.05, 3.63) is 86.1 Å². The highest BCUT2D eigenvalue weighted by atomic mass is 79.9. The van der Waals surface area contributed by atoms with E-state index < -0.39 is 5.56 Å². The molecule has 128 valence electrons. The zero-order valence-electron chi connectivity index (χ0n) is 13.8. The highest BCUT2D eigenvalue weighted by Gasteiger charge is 2.47. The van der Waals surface area contributed by atoms with Crippen LogP contribution >= 0.6 is 15.9 Å². The third-order valence-corrected chi connectivity index (χ3v) is 5.48. The number of nitriles is 1. The number of hydrogen-bond acceptors (Lipinski definition) is 3. The first kappa shape index (κ1) is 16.6. The number of pyridine rings is 1. The normalized spacial score (nSPS) is 14.6. The number of nitrogens with zero attached hydrogens (tertiary/aromatic N) is 1. The first-order valence-electron chi connectivity index (χ1n) is 8.27. The molecule has 0 amide bonds. The van der Waals surface area contributed by atoms with Gasteiger partial charge in [-0.25, -0.2) is 0 Å². The third-order valence-electron chi connectivity index (χ3n) is 4.99. The van der Waals surface area contributed by atoms with E-state index in [1.54, 1.807) is 18.2 Å². The van der Waals surface area contributed by atoms with Crippen LogP contribution in [0.15, 0.2) is 63.9 Å². The number of aromatic nitrogens is 1. The Balaban J connectivity index is 1.96. The Kier molecular flexibility index (Phi) is 3.93. The van der Waals surface area contributed by atoms with Gasteiger partial charge in [-0.15, -0.1) is 0 Å². The molecule has 1 saturated carbocycles. The van der Waals surface area contributed by atoms with Gasteiger partial charge in [0, 0.05) is 15.5 Å². The van der Waals surface area contributed by atoms with Gasteiger partial charge >= 0.3 is 0 Å². The van der Waals surface area contributed by atoms with E-state index in [0.29, 0.717) is 11.3 Å². The van der Waals surface area contributed by atoms with Crippen molar-refractivity contribution in [1.82, 2.24) is 4.98 Å². The maximum atomic E-state index is 12.6. The molecule has 2 N–H and O–H groups in total. The Morgan fingerprint density at radius 3 is 2.50 bits per heavy atom. The van der Waals surface area contributed by atoms with E-state index in [0.717, 1.165) is 28.4 Å². The van der Waals surface area contributed by atoms with Crippen LogP contribution in [0, 0.1) is 11.3 Å². The molecule has 0 saturated heterocycles. The number of phenols is 1. The van der Waals surface area contributed by atoms with Crippen molar-refractivity contribution in [1.29, 1.82) is 5.26 Å². The van der Waals surface area contributed by atoms with Crippen LogP contribution in [0.4, 0.5) is 0 Å². The van der Waals surface area contributed by atoms with Crippen LogP contribution in [0.3, 0.4) is 0 Å². The predicted molar refractivity (Wildman–Crippen MR) is 103 cm³/mol. The molecular formula is C21H15BrN2O2. The summed E-state index contributed by atoms with van der Waals surface area (Å²) >= 11 is 3.39. The Bertz CT molecular complexity index is 1090. The second-order valence-corrected chi connectivity index (χ2v) is 7.44. The Hall–Kier alpha value is -2.84. The molecule has 0 bridgehead atoms. The van der Waals surface area contributed by atoms with Gasteiger partial charge in [-0.05, 0) is 48.2 Å². The molecule has 1 aromatic heterocycles. The van der Waals surface area contributed by atoms with Crippen LogP contribution in [0.25, 0.3) is 11.3 Å². The van der Waals surface area contributed by atoms with Gasteiger partial charge in [0.15, 0.2) is 0 Å². The number of aromatic hydroxyl groups is 1. The molecule has 26 heavy (non-hydrogen) atoms. The summed E-state index contributed by atoms with van der Waals surface area (Å²) in [5.74, 6) is 0.0732. The van der Waals surface area contributed by atoms with Gasteiger partial charge in [0.2, 0.25) is 0 Å². The van der Waals surface area contributed by atoms with E-state index in [1.165, 1.54) is 0 Å². The van der Waals surface area contributed by atoms with E-state index in [2.05, 4.69) is 27.0 Å². The summed E-state index contributed by atoms with van der Waals surface area (Å²) in [7, 11) is 0. The molecule has 4 rings (SSSR count). The molecule has 1 fully saturated rings. The summed E-state index contributed by atoms with van der Waals surface area (Å²) in [5, 5.41) is 19.8. The fourth-order valence-electron chi connectivity index (χ4n) is 3.51. The lowest BCUT2D eigenvalue weighted by atomic mass is 9.85. The summed E-state index contributed by atoms with van der Waals surface area (Å²) in [5.41, 5.74) is 2.26. The minimum absolute atomic E-state index is 0.0732. The van der Waals surface area contributed by atoms with Gasteiger partial charge in [0.25, 0.3) is 5.56 Å². The Morgan fingerprint density at radius 2 is 1.85 bits per heavy atom. The molecule has 0 radical (unpaired) electrons. The lowest BCUT2D eigenvalue weighted by Crippen LogP contribution is -2.20. The molecule has 1 aliphatic rings. The van der Waals surface area contributed by atoms with Crippen LogP contribution in [0.1, 0.15) is 29.5 Å². The van der Waals surface area contributed by atoms with Gasteiger partial charge in [-0.2, -0.15) is 5.26 Å². The fraction of sp³-hybridized carbons (Fsp3) is 0.143. The van der Waals surface area contributed by atoms with Crippen LogP contribution in [-0.2, 0) is 5.41 Å². The molecule has 3 aromatic rings. The quantitative estimate of drug-likeness (QED) is 0.673. The molecular weight excluding hydrogens is 392 g/mol. The van der Waals surface area contributed by atoms with Crippen molar-refractivity contribution in [3.63, 3.8) is 0 Å². The first-order chi connectivity index (χ1) is 12.5. The zero-order chi connectivity index (χ0) is 18.3. The molecule has 0 unspecified atom stereocenters. The summed E-state index contributed by atoms with van der Waals surface area (Å²) in [6, 6.07) is 18.9. The monoisotopic (exact) mass is 406 g/mol. The van der Waals surface area contributed by atoms with E-state index in [9.17, 15) is 15.2 Å². The van der Waals surface area contributed by atoms with Crippen molar-refractivity contribution >= 4 is 15.9 Å². The average molecular weight is 407 g/mol. The highest BCUT2D eigenvalue weighted by molar-refractivity contribution is 9.10. The maximum absolute atomic E-state index is 12.6. The van der Waals surface area contributed by atoms with E-state index >= 15 is 0 Å². The second-order valence-electron chi connectivity index (χ2n) is 6.52. The molecule has 1 aliphatic carbocycles. The van der Waals surface area contributed by atoms with E-state index in [-0.39, 0.29) is 16.7 Å². The van der Waals surface area contributed by atoms with Crippen LogP contribution in [0.5, 0.6) is 5.75 Å². The smallest absolute Gasteiger partial charge is 0.266 e. The van der Waals surface area contributed by atoms with Gasteiger partial charge in [0.1, 0.15) is 17.4 Å². The third kappa shape index (κ3) is 2.63. The lowest BCUT2D eigenvalue weighted by molar-refractivity contribution is 0.477. The van der Waals surface area contributed by atoms with Crippen LogP contribution in [0.2, 0.25) is 0 Å². The van der Waals surface area contributed by atoms with Crippen molar-refractivity contribution < 1.29 is 5.11 Å². The number of aromatic amines is 1. The maximum Gasteiger partial charge on any atom is 0.266 e. The Morgan fingerprint density at radius 1 is 1.12 bits per heavy atom. The SMILES string of the molecule is N#Cc1c(C2(c3ccccc3)CC2)cc(-c2cc(Br)ccc2O)[nH]c1=O. The van der Waals surface area contributed by atoms with Crippen molar-refractivity contribution in [2.75, 3.05) is 0 Å². The average Bonchev–Trinajstić information content (AvgIpc) is 3.46. The van der Waals surface area contributed by atoms with Gasteiger partial charge < -0.3 is 10.1 Å². The number of nitrogens with one attached hydrogen (secondary N) is 1. The van der Waals surface area contributed by atoms with Crippen LogP contribution < -0.4 is 5.56 Å². The lowest BCUT2D eigenvalue weighted by Gasteiger charge is -2.19. The zero-order valence-corrected chi connectivity index (χ0v) is 15.4. The molecule has 1 heterocycles. The number of hydrogen-bond donors (Lipinski definition) is 2. The molecule has 2 aromatic carbocycles. The summed E-state index contributed by atoms with van der Waals surface area (Å²) in [4.78, 5) is 15.3. The minimum atomic E-state index is -0.429. The molecule has 0 spiro atoms. The van der Waals surface area contributed by atoms with E-state index in [4.69, 9.17) is 0 Å². The second kappa shape index (κ2) is 6.15. The highest BCUT2D eigenvalue weighted by Crippen LogP contribution is 2.54. The van der Waals surface area contributed by atoms with Gasteiger partial charge in [0.05, 0.1) is 5.69 Å². The number of H-pyrrole nitrogens is 1. The van der Waals surface area contributed by atoms with E-state index in [1.807, 2.05) is 36.4 Å². The summed E-state index contributed by atoms with van der Waals surface area (Å²) in [6.07, 6.45) is 1.78. The van der Waals surface area contributed by atoms with Gasteiger partial charge in [-0.1, -0.05) is 46.3 Å². The largest absolute Gasteiger partial charge is 0.507 e. The number of halogens is 1. The number of rotatable bonds is 3. The fourth-order valence-corrected chi connectivity index (χ4v) is 3.87. The summed E-state index contributed by atoms with van der Waals surface area (Å²) < 4.78 is 0.793. The Labute approximate surface area is 158 Å². The topological polar surface area (TPSA) is 76.9 Å². The minimum Gasteiger partial charge on any atom is -0.507 e. The number of phenolic OH excluding ortho intramolecular Hbond substituents is 1. The molecule has 0 aliphatic heterocycles. The molecule has 0 atom stereocenters. The summed E-state index contributed by atoms with van der Waals surface area (Å²) in [6.45, 7) is 0. The van der Waals surface area contributed by atoms with Gasteiger partial charge in [-0.3, -0.25) is 4.79 Å². The van der Waals surface area contributed by atoms with Crippen molar-refractivity contribution in [3.8, 4) is 23.1 Å². The molecule has 4 nitrogen and oxygen atoms in total. The first-order valence-corrected chi connectivity index (χ1v) is 9.07. The predicted octanol–water partition coefficient (Wildman–Crippen LogP) is 4.46. The van der Waals surface area contributed by atoms with Crippen molar-refractivity contribution in [2.45, 2.75) is 18.3 Å². The molecule has 5 heteroatoms. The van der Waals surface area contributed by atoms with Crippen LogP contribution in [-0.4, -0.2) is 10.1 Å².